The second kappa shape index (κ2) is 6.21. The molecule has 2 aromatic rings. The number of hydrogen-bond donors (Lipinski definition) is 2. The highest BCUT2D eigenvalue weighted by molar-refractivity contribution is 5.37. The highest BCUT2D eigenvalue weighted by atomic mass is 16.3. The van der Waals surface area contributed by atoms with Gasteiger partial charge in [-0.05, 0) is 43.0 Å². The van der Waals surface area contributed by atoms with E-state index in [0.29, 0.717) is 6.54 Å². The number of hydrogen-bond acceptors (Lipinski definition) is 2. The van der Waals surface area contributed by atoms with Crippen molar-refractivity contribution in [2.24, 2.45) is 5.73 Å². The van der Waals surface area contributed by atoms with Crippen LogP contribution < -0.4 is 5.73 Å². The average molecular weight is 269 g/mol. The average Bonchev–Trinajstić information content (AvgIpc) is 2.41. The highest BCUT2D eigenvalue weighted by Crippen LogP contribution is 2.33. The van der Waals surface area contributed by atoms with Crippen LogP contribution in [0, 0.1) is 20.8 Å². The fraction of sp³-hybridized carbons (Fsp3) is 0.333. The molecule has 20 heavy (non-hydrogen) atoms. The zero-order valence-corrected chi connectivity index (χ0v) is 12.4. The monoisotopic (exact) mass is 269 g/mol. The molecule has 0 fully saturated rings. The molecule has 0 saturated carbocycles. The first kappa shape index (κ1) is 14.8. The van der Waals surface area contributed by atoms with Gasteiger partial charge < -0.3 is 10.8 Å². The van der Waals surface area contributed by atoms with Crippen LogP contribution in [-0.2, 0) is 0 Å². The van der Waals surface area contributed by atoms with Crippen molar-refractivity contribution in [1.82, 2.24) is 0 Å². The maximum atomic E-state index is 10.7. The molecular formula is C18H23NO. The molecule has 3 N–H and O–H groups in total. The molecule has 2 aromatic carbocycles. The molecule has 0 heterocycles. The fourth-order valence-electron chi connectivity index (χ4n) is 2.80. The highest BCUT2D eigenvalue weighted by Gasteiger charge is 2.23. The van der Waals surface area contributed by atoms with E-state index in [1.807, 2.05) is 31.2 Å². The molecule has 0 aliphatic rings. The quantitative estimate of drug-likeness (QED) is 0.893. The Morgan fingerprint density at radius 3 is 2.25 bits per heavy atom. The van der Waals surface area contributed by atoms with Gasteiger partial charge in [0, 0.05) is 12.5 Å². The third-order valence-corrected chi connectivity index (χ3v) is 3.97. The van der Waals surface area contributed by atoms with Crippen molar-refractivity contribution in [3.05, 3.63) is 70.3 Å². The number of benzene rings is 2. The lowest BCUT2D eigenvalue weighted by Crippen LogP contribution is -2.21. The Bertz CT molecular complexity index is 592. The number of aryl methyl sites for hydroxylation is 3. The molecule has 2 atom stereocenters. The van der Waals surface area contributed by atoms with Gasteiger partial charge in [-0.1, -0.05) is 48.0 Å². The summed E-state index contributed by atoms with van der Waals surface area (Å²) in [7, 11) is 0. The summed E-state index contributed by atoms with van der Waals surface area (Å²) in [5.74, 6) is -0.0717. The van der Waals surface area contributed by atoms with Crippen LogP contribution in [0.3, 0.4) is 0 Å². The van der Waals surface area contributed by atoms with Gasteiger partial charge in [0.25, 0.3) is 0 Å². The van der Waals surface area contributed by atoms with Crippen LogP contribution in [0.15, 0.2) is 42.5 Å². The molecule has 106 valence electrons. The summed E-state index contributed by atoms with van der Waals surface area (Å²) >= 11 is 0. The van der Waals surface area contributed by atoms with Gasteiger partial charge in [-0.25, -0.2) is 0 Å². The van der Waals surface area contributed by atoms with Crippen molar-refractivity contribution in [3.63, 3.8) is 0 Å². The Balaban J connectivity index is 2.39. The third kappa shape index (κ3) is 2.92. The standard InChI is InChI=1S/C18H23NO/c1-12-8-9-16(14(3)10-12)18(20)17(11-19)15-7-5-4-6-13(15)2/h4-10,17-18,20H,11,19H2,1-3H3. The van der Waals surface area contributed by atoms with E-state index in [4.69, 9.17) is 5.73 Å². The van der Waals surface area contributed by atoms with Crippen LogP contribution in [0.25, 0.3) is 0 Å². The number of rotatable bonds is 4. The summed E-state index contributed by atoms with van der Waals surface area (Å²) in [5.41, 5.74) is 11.5. The van der Waals surface area contributed by atoms with Gasteiger partial charge in [0.05, 0.1) is 6.10 Å². The Morgan fingerprint density at radius 1 is 0.950 bits per heavy atom. The van der Waals surface area contributed by atoms with Gasteiger partial charge in [0.2, 0.25) is 0 Å². The zero-order valence-electron chi connectivity index (χ0n) is 12.4. The van der Waals surface area contributed by atoms with Gasteiger partial charge in [-0.3, -0.25) is 0 Å². The maximum Gasteiger partial charge on any atom is 0.0873 e. The summed E-state index contributed by atoms with van der Waals surface area (Å²) in [4.78, 5) is 0. The van der Waals surface area contributed by atoms with Crippen molar-refractivity contribution < 1.29 is 5.11 Å². The topological polar surface area (TPSA) is 46.2 Å². The lowest BCUT2D eigenvalue weighted by atomic mass is 9.85. The zero-order chi connectivity index (χ0) is 14.7. The van der Waals surface area contributed by atoms with E-state index in [0.717, 1.165) is 16.7 Å². The Hall–Kier alpha value is -1.64. The second-order valence-corrected chi connectivity index (χ2v) is 5.50. The SMILES string of the molecule is Cc1ccc(C(O)C(CN)c2ccccc2C)c(C)c1. The van der Waals surface area contributed by atoms with Gasteiger partial charge in [0.15, 0.2) is 0 Å². The predicted molar refractivity (Wildman–Crippen MR) is 83.9 cm³/mol. The first-order valence-electron chi connectivity index (χ1n) is 7.05. The van der Waals surface area contributed by atoms with Crippen LogP contribution in [0.2, 0.25) is 0 Å². The van der Waals surface area contributed by atoms with Crippen molar-refractivity contribution in [2.75, 3.05) is 6.54 Å². The molecule has 2 nitrogen and oxygen atoms in total. The molecule has 0 bridgehead atoms. The van der Waals surface area contributed by atoms with Crippen LogP contribution >= 0.6 is 0 Å². The molecule has 2 unspecified atom stereocenters. The van der Waals surface area contributed by atoms with E-state index in [1.165, 1.54) is 11.1 Å². The van der Waals surface area contributed by atoms with Crippen LogP contribution in [0.5, 0.6) is 0 Å². The van der Waals surface area contributed by atoms with Gasteiger partial charge in [-0.15, -0.1) is 0 Å². The molecule has 0 amide bonds. The van der Waals surface area contributed by atoms with Crippen LogP contribution in [-0.4, -0.2) is 11.7 Å². The Kier molecular flexibility index (Phi) is 4.58. The molecule has 2 heteroatoms. The summed E-state index contributed by atoms with van der Waals surface area (Å²) < 4.78 is 0. The Labute approximate surface area is 121 Å². The van der Waals surface area contributed by atoms with Gasteiger partial charge in [0.1, 0.15) is 0 Å². The molecule has 0 aromatic heterocycles. The molecule has 2 rings (SSSR count). The van der Waals surface area contributed by atoms with Gasteiger partial charge >= 0.3 is 0 Å². The van der Waals surface area contributed by atoms with E-state index >= 15 is 0 Å². The molecular weight excluding hydrogens is 246 g/mol. The maximum absolute atomic E-state index is 10.7. The minimum absolute atomic E-state index is 0.0717. The van der Waals surface area contributed by atoms with Crippen molar-refractivity contribution in [3.8, 4) is 0 Å². The normalized spacial score (nSPS) is 14.1. The smallest absolute Gasteiger partial charge is 0.0873 e. The van der Waals surface area contributed by atoms with E-state index in [1.54, 1.807) is 0 Å². The van der Waals surface area contributed by atoms with E-state index in [9.17, 15) is 5.11 Å². The summed E-state index contributed by atoms with van der Waals surface area (Å²) in [6.07, 6.45) is -0.568. The molecule has 0 spiro atoms. The van der Waals surface area contributed by atoms with E-state index < -0.39 is 6.10 Å². The molecule has 0 aliphatic carbocycles. The number of nitrogens with two attached hydrogens (primary N) is 1. The van der Waals surface area contributed by atoms with Gasteiger partial charge in [-0.2, -0.15) is 0 Å². The first-order chi connectivity index (χ1) is 9.54. The Morgan fingerprint density at radius 2 is 1.65 bits per heavy atom. The van der Waals surface area contributed by atoms with Crippen LogP contribution in [0.4, 0.5) is 0 Å². The van der Waals surface area contributed by atoms with Crippen molar-refractivity contribution in [2.45, 2.75) is 32.8 Å². The third-order valence-electron chi connectivity index (χ3n) is 3.97. The largest absolute Gasteiger partial charge is 0.388 e. The fourth-order valence-corrected chi connectivity index (χ4v) is 2.80. The number of aliphatic hydroxyl groups excluding tert-OH is 1. The lowest BCUT2D eigenvalue weighted by Gasteiger charge is -2.25. The minimum Gasteiger partial charge on any atom is -0.388 e. The van der Waals surface area contributed by atoms with Crippen molar-refractivity contribution in [1.29, 1.82) is 0 Å². The molecule has 0 saturated heterocycles. The number of aliphatic hydroxyl groups is 1. The van der Waals surface area contributed by atoms with E-state index in [-0.39, 0.29) is 5.92 Å². The minimum atomic E-state index is -0.568. The summed E-state index contributed by atoms with van der Waals surface area (Å²) in [5, 5.41) is 10.7. The predicted octanol–water partition coefficient (Wildman–Crippen LogP) is 3.39. The summed E-state index contributed by atoms with van der Waals surface area (Å²) in [6, 6.07) is 14.3. The van der Waals surface area contributed by atoms with Crippen molar-refractivity contribution >= 4 is 0 Å². The summed E-state index contributed by atoms with van der Waals surface area (Å²) in [6.45, 7) is 6.59. The second-order valence-electron chi connectivity index (χ2n) is 5.50. The molecule has 0 aliphatic heterocycles. The molecule has 0 radical (unpaired) electrons. The van der Waals surface area contributed by atoms with Crippen LogP contribution in [0.1, 0.15) is 39.8 Å². The lowest BCUT2D eigenvalue weighted by molar-refractivity contribution is 0.146. The van der Waals surface area contributed by atoms with E-state index in [2.05, 4.69) is 32.0 Å². The first-order valence-corrected chi connectivity index (χ1v) is 7.05.